The Morgan fingerprint density at radius 3 is 1.10 bits per heavy atom. The second kappa shape index (κ2) is 17.3. The summed E-state index contributed by atoms with van der Waals surface area (Å²) in [4.78, 5) is 0. The monoisotopic (exact) mass is 1040 g/mol. The van der Waals surface area contributed by atoms with Gasteiger partial charge in [-0.2, -0.15) is 0 Å². The molecule has 0 aliphatic rings. The summed E-state index contributed by atoms with van der Waals surface area (Å²) in [6.45, 7) is 0. The van der Waals surface area contributed by atoms with Crippen LogP contribution in [-0.4, -0.2) is 0 Å². The fourth-order valence-electron chi connectivity index (χ4n) is 14.2. The molecular formula is C80H46O2. The molecule has 0 aliphatic heterocycles. The Kier molecular flexibility index (Phi) is 9.54. The van der Waals surface area contributed by atoms with Crippen molar-refractivity contribution in [1.82, 2.24) is 0 Å². The van der Waals surface area contributed by atoms with Gasteiger partial charge in [0.15, 0.2) is 0 Å². The first-order chi connectivity index (χ1) is 40.7. The van der Waals surface area contributed by atoms with E-state index in [4.69, 9.17) is 8.83 Å². The second-order valence-corrected chi connectivity index (χ2v) is 22.1. The van der Waals surface area contributed by atoms with E-state index in [1.54, 1.807) is 0 Å². The van der Waals surface area contributed by atoms with Gasteiger partial charge >= 0.3 is 0 Å². The van der Waals surface area contributed by atoms with Gasteiger partial charge in [0.25, 0.3) is 0 Å². The molecule has 2 aromatic heterocycles. The van der Waals surface area contributed by atoms with Gasteiger partial charge in [-0.3, -0.25) is 0 Å². The number of hydrogen-bond donors (Lipinski definition) is 0. The maximum absolute atomic E-state index is 6.89. The van der Waals surface area contributed by atoms with Gasteiger partial charge in [-0.25, -0.2) is 0 Å². The molecule has 0 bridgehead atoms. The number of benzene rings is 16. The number of para-hydroxylation sites is 3. The molecule has 2 nitrogen and oxygen atoms in total. The molecule has 16 aromatic carbocycles. The van der Waals surface area contributed by atoms with Crippen LogP contribution >= 0.6 is 0 Å². The number of furan rings is 2. The molecule has 0 spiro atoms. The maximum atomic E-state index is 6.89. The molecular weight excluding hydrogens is 993 g/mol. The summed E-state index contributed by atoms with van der Waals surface area (Å²) >= 11 is 0. The Morgan fingerprint density at radius 2 is 0.537 bits per heavy atom. The van der Waals surface area contributed by atoms with Crippen molar-refractivity contribution >= 4 is 130 Å². The van der Waals surface area contributed by atoms with Crippen LogP contribution in [-0.2, 0) is 0 Å². The lowest BCUT2D eigenvalue weighted by Crippen LogP contribution is -1.94. The first-order valence-corrected chi connectivity index (χ1v) is 28.3. The van der Waals surface area contributed by atoms with Gasteiger partial charge in [0.05, 0.1) is 0 Å². The topological polar surface area (TPSA) is 26.3 Å². The largest absolute Gasteiger partial charge is 0.456 e. The van der Waals surface area contributed by atoms with Crippen LogP contribution < -0.4 is 0 Å². The third kappa shape index (κ3) is 6.52. The summed E-state index contributed by atoms with van der Waals surface area (Å²) in [5, 5.41) is 23.8. The molecule has 0 saturated heterocycles. The minimum atomic E-state index is 0.881. The normalized spacial score (nSPS) is 12.1. The highest BCUT2D eigenvalue weighted by Gasteiger charge is 2.25. The Hall–Kier alpha value is -10.8. The number of hydrogen-bond acceptors (Lipinski definition) is 2. The van der Waals surface area contributed by atoms with Crippen LogP contribution in [0, 0.1) is 0 Å². The molecule has 2 heteroatoms. The van der Waals surface area contributed by atoms with Crippen molar-refractivity contribution in [2.45, 2.75) is 0 Å². The highest BCUT2D eigenvalue weighted by molar-refractivity contribution is 6.30. The lowest BCUT2D eigenvalue weighted by Gasteiger charge is -2.21. The van der Waals surface area contributed by atoms with Gasteiger partial charge in [0.1, 0.15) is 22.3 Å². The Balaban J connectivity index is 0.965. The number of rotatable bonds is 5. The fourth-order valence-corrected chi connectivity index (χ4v) is 14.2. The molecule has 0 saturated carbocycles. The van der Waals surface area contributed by atoms with E-state index in [0.717, 1.165) is 71.7 Å². The zero-order valence-corrected chi connectivity index (χ0v) is 44.4. The van der Waals surface area contributed by atoms with Crippen LogP contribution in [0.5, 0.6) is 0 Å². The van der Waals surface area contributed by atoms with E-state index >= 15 is 0 Å². The second-order valence-electron chi connectivity index (χ2n) is 22.1. The summed E-state index contributed by atoms with van der Waals surface area (Å²) in [5.41, 5.74) is 15.2. The van der Waals surface area contributed by atoms with Crippen LogP contribution in [0.25, 0.3) is 186 Å². The van der Waals surface area contributed by atoms with E-state index in [2.05, 4.69) is 273 Å². The maximum Gasteiger partial charge on any atom is 0.143 e. The minimum absolute atomic E-state index is 0.881. The quantitative estimate of drug-likeness (QED) is 0.127. The zero-order chi connectivity index (χ0) is 53.6. The standard InChI is InChI=1S/C80H46O2/c1-3-20-52-49(18-1)44-69(56-24-7-5-22-54(52)56)78-62-29-10-9-28-61(62)76(51-38-39-60-58-26-13-15-34-73(58)81-75(60)46-51)65-40-36-47(42-71(65)78)48-37-41-66-72(43-48)79(70-45-50-19-2-4-21-53(50)55-23-6-8-25-57(55)70)64-31-12-11-30-63(64)77(66)68-33-17-32-67-59-27-14-16-35-74(59)82-80(67)68/h1-46H. The Bertz CT molecular complexity index is 5770. The van der Waals surface area contributed by atoms with E-state index < -0.39 is 0 Å². The molecule has 0 N–H and O–H groups in total. The SMILES string of the molecule is c1ccc2c(c1)cc(-c1c3ccccc3c(-c3ccc4c(c3)oc3ccccc34)c3ccc(-c4ccc5c(-c6cccc7c6oc6ccccc67)c6ccccc6c(-c6cc7ccccc7c7ccccc67)c5c4)cc13)c1ccccc12. The molecule has 18 rings (SSSR count). The fraction of sp³-hybridized carbons (Fsp3) is 0. The zero-order valence-electron chi connectivity index (χ0n) is 44.4. The Labute approximate surface area is 470 Å². The van der Waals surface area contributed by atoms with Crippen molar-refractivity contribution in [3.05, 3.63) is 279 Å². The van der Waals surface area contributed by atoms with Gasteiger partial charge in [-0.1, -0.05) is 231 Å². The summed E-state index contributed by atoms with van der Waals surface area (Å²) < 4.78 is 13.5. The van der Waals surface area contributed by atoms with Crippen LogP contribution in [0.15, 0.2) is 288 Å². The van der Waals surface area contributed by atoms with Crippen LogP contribution in [0.1, 0.15) is 0 Å². The van der Waals surface area contributed by atoms with E-state index in [1.165, 1.54) is 114 Å². The highest BCUT2D eigenvalue weighted by Crippen LogP contribution is 2.52. The first kappa shape index (κ1) is 45.1. The smallest absolute Gasteiger partial charge is 0.143 e. The van der Waals surface area contributed by atoms with Gasteiger partial charge in [-0.05, 0) is 179 Å². The van der Waals surface area contributed by atoms with Crippen molar-refractivity contribution in [3.8, 4) is 55.6 Å². The molecule has 0 unspecified atom stereocenters. The summed E-state index contributed by atoms with van der Waals surface area (Å²) in [7, 11) is 0. The van der Waals surface area contributed by atoms with Crippen molar-refractivity contribution in [1.29, 1.82) is 0 Å². The first-order valence-electron chi connectivity index (χ1n) is 28.3. The molecule has 18 aromatic rings. The minimum Gasteiger partial charge on any atom is -0.456 e. The molecule has 2 heterocycles. The third-order valence-electron chi connectivity index (χ3n) is 17.8. The van der Waals surface area contributed by atoms with Gasteiger partial charge in [0, 0.05) is 32.7 Å². The molecule has 0 amide bonds. The van der Waals surface area contributed by atoms with E-state index in [0.29, 0.717) is 0 Å². The van der Waals surface area contributed by atoms with Crippen molar-refractivity contribution in [2.75, 3.05) is 0 Å². The van der Waals surface area contributed by atoms with Crippen LogP contribution in [0.3, 0.4) is 0 Å². The van der Waals surface area contributed by atoms with E-state index in [9.17, 15) is 0 Å². The molecule has 82 heavy (non-hydrogen) atoms. The highest BCUT2D eigenvalue weighted by atomic mass is 16.3. The summed E-state index contributed by atoms with van der Waals surface area (Å²) in [6, 6.07) is 103. The molecule has 0 radical (unpaired) electrons. The molecule has 0 aliphatic carbocycles. The van der Waals surface area contributed by atoms with Gasteiger partial charge in [-0.15, -0.1) is 0 Å². The molecule has 378 valence electrons. The molecule has 0 fully saturated rings. The van der Waals surface area contributed by atoms with E-state index in [-0.39, 0.29) is 0 Å². The molecule has 0 atom stereocenters. The van der Waals surface area contributed by atoms with Gasteiger partial charge < -0.3 is 8.83 Å². The van der Waals surface area contributed by atoms with Crippen molar-refractivity contribution in [2.24, 2.45) is 0 Å². The predicted octanol–water partition coefficient (Wildman–Crippen LogP) is 23.0. The summed E-state index contributed by atoms with van der Waals surface area (Å²) in [6.07, 6.45) is 0. The van der Waals surface area contributed by atoms with E-state index in [1.807, 2.05) is 6.07 Å². The lowest BCUT2D eigenvalue weighted by atomic mass is 9.81. The number of fused-ring (bicyclic) bond motifs is 16. The van der Waals surface area contributed by atoms with Crippen molar-refractivity contribution in [3.63, 3.8) is 0 Å². The third-order valence-corrected chi connectivity index (χ3v) is 17.8. The van der Waals surface area contributed by atoms with Crippen LogP contribution in [0.4, 0.5) is 0 Å². The average molecular weight is 1040 g/mol. The van der Waals surface area contributed by atoms with Gasteiger partial charge in [0.2, 0.25) is 0 Å². The Morgan fingerprint density at radius 1 is 0.171 bits per heavy atom. The average Bonchev–Trinajstić information content (AvgIpc) is 2.50. The lowest BCUT2D eigenvalue weighted by molar-refractivity contribution is 0.669. The summed E-state index contributed by atoms with van der Waals surface area (Å²) in [5.74, 6) is 0. The van der Waals surface area contributed by atoms with Crippen LogP contribution in [0.2, 0.25) is 0 Å². The van der Waals surface area contributed by atoms with Crippen molar-refractivity contribution < 1.29 is 8.83 Å². The predicted molar refractivity (Wildman–Crippen MR) is 348 cm³/mol.